The molecule has 0 bridgehead atoms. The van der Waals surface area contributed by atoms with Crippen molar-refractivity contribution < 1.29 is 13.9 Å². The van der Waals surface area contributed by atoms with Gasteiger partial charge < -0.3 is 20.7 Å². The van der Waals surface area contributed by atoms with E-state index in [4.69, 9.17) is 9.72 Å². The molecule has 3 fully saturated rings. The number of fused-ring (bicyclic) bond motifs is 1. The monoisotopic (exact) mass is 566 g/mol. The molecule has 2 aromatic heterocycles. The van der Waals surface area contributed by atoms with E-state index in [-0.39, 0.29) is 29.0 Å². The average molecular weight is 567 g/mol. The Morgan fingerprint density at radius 3 is 2.69 bits per heavy atom. The minimum atomic E-state index is -0.464. The van der Waals surface area contributed by atoms with Gasteiger partial charge >= 0.3 is 0 Å². The lowest BCUT2D eigenvalue weighted by atomic mass is 9.78. The lowest BCUT2D eigenvalue weighted by Crippen LogP contribution is -2.38. The molecule has 4 aromatic rings. The quantitative estimate of drug-likeness (QED) is 0.236. The number of benzene rings is 2. The number of anilines is 2. The summed E-state index contributed by atoms with van der Waals surface area (Å²) >= 11 is 0. The van der Waals surface area contributed by atoms with Crippen LogP contribution in [0.25, 0.3) is 22.0 Å². The van der Waals surface area contributed by atoms with Crippen LogP contribution in [-0.2, 0) is 4.79 Å². The van der Waals surface area contributed by atoms with Crippen LogP contribution >= 0.6 is 0 Å². The third-order valence-corrected chi connectivity index (χ3v) is 9.56. The maximum absolute atomic E-state index is 15.2. The summed E-state index contributed by atoms with van der Waals surface area (Å²) in [6.07, 6.45) is 8.89. The minimum absolute atomic E-state index is 0.0558. The number of nitrogens with one attached hydrogen (secondary N) is 3. The van der Waals surface area contributed by atoms with Gasteiger partial charge in [0.1, 0.15) is 11.6 Å². The average Bonchev–Trinajstić information content (AvgIpc) is 3.63. The molecule has 2 aromatic carbocycles. The van der Waals surface area contributed by atoms with Crippen LogP contribution in [-0.4, -0.2) is 40.0 Å². The highest BCUT2D eigenvalue weighted by Crippen LogP contribution is 2.70. The van der Waals surface area contributed by atoms with Crippen molar-refractivity contribution in [3.63, 3.8) is 0 Å². The van der Waals surface area contributed by atoms with Crippen LogP contribution in [0.3, 0.4) is 0 Å². The zero-order valence-electron chi connectivity index (χ0n) is 23.9. The van der Waals surface area contributed by atoms with E-state index >= 15 is 4.39 Å². The third kappa shape index (κ3) is 4.65. The molecule has 3 heterocycles. The van der Waals surface area contributed by atoms with Crippen LogP contribution in [0, 0.1) is 30.0 Å². The normalized spacial score (nSPS) is 22.4. The van der Waals surface area contributed by atoms with Gasteiger partial charge in [0.25, 0.3) is 0 Å². The highest BCUT2D eigenvalue weighted by atomic mass is 19.1. The van der Waals surface area contributed by atoms with Crippen molar-refractivity contribution in [1.29, 1.82) is 0 Å². The summed E-state index contributed by atoms with van der Waals surface area (Å²) in [6, 6.07) is 12.7. The van der Waals surface area contributed by atoms with Crippen molar-refractivity contribution in [2.45, 2.75) is 52.0 Å². The molecule has 1 spiro atoms. The molecule has 8 nitrogen and oxygen atoms in total. The van der Waals surface area contributed by atoms with Crippen LogP contribution in [0.1, 0.15) is 44.6 Å². The fourth-order valence-corrected chi connectivity index (χ4v) is 6.96. The van der Waals surface area contributed by atoms with E-state index in [1.807, 2.05) is 37.3 Å². The largest absolute Gasteiger partial charge is 0.437 e. The molecule has 2 unspecified atom stereocenters. The van der Waals surface area contributed by atoms with E-state index in [2.05, 4.69) is 32.8 Å². The Bertz CT molecular complexity index is 1670. The number of nitrogens with zero attached hydrogens (tertiary/aromatic N) is 3. The molecule has 9 heteroatoms. The number of pyridine rings is 1. The van der Waals surface area contributed by atoms with Crippen LogP contribution < -0.4 is 20.7 Å². The van der Waals surface area contributed by atoms with Gasteiger partial charge in [-0.2, -0.15) is 0 Å². The van der Waals surface area contributed by atoms with E-state index in [0.29, 0.717) is 45.5 Å². The Morgan fingerprint density at radius 2 is 1.93 bits per heavy atom. The van der Waals surface area contributed by atoms with Crippen molar-refractivity contribution in [2.75, 3.05) is 23.7 Å². The first kappa shape index (κ1) is 26.8. The molecule has 3 atom stereocenters. The number of halogens is 1. The van der Waals surface area contributed by atoms with Gasteiger partial charge in [0.15, 0.2) is 0 Å². The minimum Gasteiger partial charge on any atom is -0.437 e. The van der Waals surface area contributed by atoms with Gasteiger partial charge in [0.05, 0.1) is 16.9 Å². The number of aromatic nitrogens is 3. The van der Waals surface area contributed by atoms with Gasteiger partial charge in [-0.25, -0.2) is 19.3 Å². The highest BCUT2D eigenvalue weighted by molar-refractivity contribution is 6.06. The second-order valence-corrected chi connectivity index (χ2v) is 12.0. The highest BCUT2D eigenvalue weighted by Gasteiger charge is 2.67. The molecule has 2 saturated carbocycles. The topological polar surface area (TPSA) is 101 Å². The van der Waals surface area contributed by atoms with Crippen molar-refractivity contribution in [1.82, 2.24) is 20.3 Å². The summed E-state index contributed by atoms with van der Waals surface area (Å²) in [5.41, 5.74) is 2.57. The molecule has 1 saturated heterocycles. The number of ether oxygens (including phenoxy) is 1. The van der Waals surface area contributed by atoms with E-state index in [1.54, 1.807) is 18.5 Å². The Balaban J connectivity index is 1.20. The molecule has 7 rings (SSSR count). The first-order chi connectivity index (χ1) is 20.4. The maximum atomic E-state index is 15.2. The fourth-order valence-electron chi connectivity index (χ4n) is 6.96. The number of piperidine rings is 1. The molecule has 42 heavy (non-hydrogen) atoms. The van der Waals surface area contributed by atoms with Gasteiger partial charge in [0, 0.05) is 41.7 Å². The Labute approximate surface area is 244 Å². The summed E-state index contributed by atoms with van der Waals surface area (Å²) in [6.45, 7) is 5.98. The van der Waals surface area contributed by atoms with Crippen molar-refractivity contribution in [3.8, 4) is 22.9 Å². The molecule has 3 N–H and O–H groups in total. The van der Waals surface area contributed by atoms with Gasteiger partial charge in [-0.15, -0.1) is 0 Å². The summed E-state index contributed by atoms with van der Waals surface area (Å²) < 4.78 is 21.7. The number of hydrogen-bond donors (Lipinski definition) is 3. The van der Waals surface area contributed by atoms with E-state index < -0.39 is 5.82 Å². The first-order valence-electron chi connectivity index (χ1n) is 14.9. The molecule has 3 aliphatic rings. The molecular formula is C33H35FN6O2. The first-order valence-corrected chi connectivity index (χ1v) is 14.9. The van der Waals surface area contributed by atoms with Crippen LogP contribution in [0.4, 0.5) is 16.0 Å². The lowest BCUT2D eigenvalue weighted by Gasteiger charge is -2.27. The molecule has 2 aliphatic carbocycles. The molecular weight excluding hydrogens is 531 g/mol. The SMILES string of the molecule is Cc1ccc2c(NC(=O)C3C(C)C34CCC4)c(F)ccc2c1Oc1ncccc1-c1ccnc(N[C@H]2CCCNC2)n1. The standard InChI is InChI=1S/C33H35FN6O2/c1-19-8-9-22-23(10-11-25(34)28(22)40-30(41)27-20(2)33(27)13-5-14-33)29(19)42-31-24(7-4-16-36-31)26-12-17-37-32(39-26)38-21-6-3-15-35-18-21/h4,7-12,16-17,20-21,27,35H,3,5-6,13-15,18H2,1-2H3,(H,40,41)(H,37,38,39)/t20?,21-,27?/m0/s1. The zero-order chi connectivity index (χ0) is 28.8. The number of rotatable bonds is 7. The maximum Gasteiger partial charge on any atom is 0.228 e. The Hall–Kier alpha value is -4.11. The number of hydrogen-bond acceptors (Lipinski definition) is 7. The van der Waals surface area contributed by atoms with Crippen molar-refractivity contribution in [2.24, 2.45) is 17.3 Å². The molecule has 0 radical (unpaired) electrons. The number of amides is 1. The number of carbonyl (C=O) groups excluding carboxylic acids is 1. The Kier molecular flexibility index (Phi) is 6.77. The van der Waals surface area contributed by atoms with Gasteiger partial charge in [-0.3, -0.25) is 4.79 Å². The van der Waals surface area contributed by atoms with Crippen LogP contribution in [0.15, 0.2) is 54.9 Å². The smallest absolute Gasteiger partial charge is 0.228 e. The van der Waals surface area contributed by atoms with E-state index in [1.165, 1.54) is 6.07 Å². The molecule has 216 valence electrons. The predicted molar refractivity (Wildman–Crippen MR) is 161 cm³/mol. The van der Waals surface area contributed by atoms with Crippen molar-refractivity contribution in [3.05, 3.63) is 66.2 Å². The second-order valence-electron chi connectivity index (χ2n) is 12.0. The van der Waals surface area contributed by atoms with E-state index in [9.17, 15) is 4.79 Å². The van der Waals surface area contributed by atoms with Gasteiger partial charge in [-0.1, -0.05) is 25.5 Å². The zero-order valence-corrected chi connectivity index (χ0v) is 23.9. The number of carbonyl (C=O) groups is 1. The van der Waals surface area contributed by atoms with Crippen LogP contribution in [0.2, 0.25) is 0 Å². The van der Waals surface area contributed by atoms with Crippen molar-refractivity contribution >= 4 is 28.3 Å². The second kappa shape index (κ2) is 10.6. The number of aryl methyl sites for hydroxylation is 1. The molecule has 1 amide bonds. The summed E-state index contributed by atoms with van der Waals surface area (Å²) in [5.74, 6) is 1.21. The lowest BCUT2D eigenvalue weighted by molar-refractivity contribution is -0.118. The Morgan fingerprint density at radius 1 is 1.07 bits per heavy atom. The summed E-state index contributed by atoms with van der Waals surface area (Å²) in [5, 5.41) is 11.1. The van der Waals surface area contributed by atoms with Crippen LogP contribution in [0.5, 0.6) is 11.6 Å². The third-order valence-electron chi connectivity index (χ3n) is 9.56. The van der Waals surface area contributed by atoms with Gasteiger partial charge in [-0.05, 0) is 86.4 Å². The summed E-state index contributed by atoms with van der Waals surface area (Å²) in [7, 11) is 0. The summed E-state index contributed by atoms with van der Waals surface area (Å²) in [4.78, 5) is 27.0. The van der Waals surface area contributed by atoms with E-state index in [0.717, 1.165) is 50.8 Å². The predicted octanol–water partition coefficient (Wildman–Crippen LogP) is 6.47. The van der Waals surface area contributed by atoms with Gasteiger partial charge in [0.2, 0.25) is 17.7 Å². The molecule has 1 aliphatic heterocycles. The fraction of sp³-hybridized carbons (Fsp3) is 0.394.